The third kappa shape index (κ3) is 2.81. The van der Waals surface area contributed by atoms with Crippen molar-refractivity contribution in [2.24, 2.45) is 5.92 Å². The highest BCUT2D eigenvalue weighted by Gasteiger charge is 2.06. The molecule has 2 rings (SSSR count). The SMILES string of the molecule is Cc1cc(=O)[nH]c(-c2cnn(CC(C)C)c2)n1. The Bertz CT molecular complexity index is 568. The molecular formula is C12H16N4O. The number of rotatable bonds is 3. The van der Waals surface area contributed by atoms with Crippen molar-refractivity contribution in [3.05, 3.63) is 34.5 Å². The molecule has 17 heavy (non-hydrogen) atoms. The van der Waals surface area contributed by atoms with Gasteiger partial charge in [0.25, 0.3) is 5.56 Å². The minimum atomic E-state index is -0.135. The third-order valence-electron chi connectivity index (χ3n) is 2.33. The fourth-order valence-corrected chi connectivity index (χ4v) is 1.68. The summed E-state index contributed by atoms with van der Waals surface area (Å²) in [5.41, 5.74) is 1.41. The van der Waals surface area contributed by atoms with E-state index >= 15 is 0 Å². The van der Waals surface area contributed by atoms with Gasteiger partial charge in [-0.05, 0) is 12.8 Å². The zero-order valence-electron chi connectivity index (χ0n) is 10.3. The number of aromatic amines is 1. The standard InChI is InChI=1S/C12H16N4O/c1-8(2)6-16-7-10(5-13-16)12-14-9(3)4-11(17)15-12/h4-5,7-8H,6H2,1-3H3,(H,14,15,17). The Morgan fingerprint density at radius 2 is 2.24 bits per heavy atom. The average molecular weight is 232 g/mol. The molecule has 5 heteroatoms. The van der Waals surface area contributed by atoms with Gasteiger partial charge < -0.3 is 4.98 Å². The maximum Gasteiger partial charge on any atom is 0.251 e. The summed E-state index contributed by atoms with van der Waals surface area (Å²) in [6.45, 7) is 6.93. The summed E-state index contributed by atoms with van der Waals surface area (Å²) in [5.74, 6) is 1.11. The first-order chi connectivity index (χ1) is 8.04. The van der Waals surface area contributed by atoms with Crippen LogP contribution in [-0.2, 0) is 6.54 Å². The second-order valence-corrected chi connectivity index (χ2v) is 4.58. The first kappa shape index (κ1) is 11.6. The summed E-state index contributed by atoms with van der Waals surface area (Å²) in [6, 6.07) is 1.47. The Morgan fingerprint density at radius 3 is 2.88 bits per heavy atom. The molecule has 0 spiro atoms. The summed E-state index contributed by atoms with van der Waals surface area (Å²) in [7, 11) is 0. The molecule has 0 saturated heterocycles. The molecule has 1 N–H and O–H groups in total. The number of H-pyrrole nitrogens is 1. The molecule has 0 aliphatic rings. The van der Waals surface area contributed by atoms with Crippen LogP contribution in [0, 0.1) is 12.8 Å². The zero-order chi connectivity index (χ0) is 12.4. The molecule has 0 radical (unpaired) electrons. The van der Waals surface area contributed by atoms with Crippen molar-refractivity contribution in [2.45, 2.75) is 27.3 Å². The van der Waals surface area contributed by atoms with Crippen molar-refractivity contribution in [2.75, 3.05) is 0 Å². The van der Waals surface area contributed by atoms with Gasteiger partial charge in [-0.3, -0.25) is 9.48 Å². The summed E-state index contributed by atoms with van der Waals surface area (Å²) in [4.78, 5) is 18.3. The van der Waals surface area contributed by atoms with E-state index in [4.69, 9.17) is 0 Å². The fraction of sp³-hybridized carbons (Fsp3) is 0.417. The highest BCUT2D eigenvalue weighted by Crippen LogP contribution is 2.12. The highest BCUT2D eigenvalue weighted by molar-refractivity contribution is 5.51. The topological polar surface area (TPSA) is 63.6 Å². The van der Waals surface area contributed by atoms with Crippen LogP contribution in [0.15, 0.2) is 23.3 Å². The summed E-state index contributed by atoms with van der Waals surface area (Å²) in [6.07, 6.45) is 3.62. The number of nitrogens with zero attached hydrogens (tertiary/aromatic N) is 3. The minimum Gasteiger partial charge on any atom is -0.306 e. The Morgan fingerprint density at radius 1 is 1.47 bits per heavy atom. The molecule has 0 aromatic carbocycles. The first-order valence-electron chi connectivity index (χ1n) is 5.65. The van der Waals surface area contributed by atoms with Crippen LogP contribution in [0.3, 0.4) is 0 Å². The second-order valence-electron chi connectivity index (χ2n) is 4.58. The number of hydrogen-bond acceptors (Lipinski definition) is 3. The van der Waals surface area contributed by atoms with Crippen molar-refractivity contribution >= 4 is 0 Å². The van der Waals surface area contributed by atoms with Gasteiger partial charge in [0, 0.05) is 24.5 Å². The van der Waals surface area contributed by atoms with Gasteiger partial charge >= 0.3 is 0 Å². The smallest absolute Gasteiger partial charge is 0.251 e. The lowest BCUT2D eigenvalue weighted by molar-refractivity contribution is 0.483. The van der Waals surface area contributed by atoms with Crippen LogP contribution in [0.2, 0.25) is 0 Å². The van der Waals surface area contributed by atoms with Gasteiger partial charge in [-0.2, -0.15) is 5.10 Å². The molecule has 0 amide bonds. The van der Waals surface area contributed by atoms with Gasteiger partial charge in [0.15, 0.2) is 0 Å². The van der Waals surface area contributed by atoms with Gasteiger partial charge in [0.2, 0.25) is 0 Å². The fourth-order valence-electron chi connectivity index (χ4n) is 1.68. The van der Waals surface area contributed by atoms with Crippen molar-refractivity contribution in [3.63, 3.8) is 0 Å². The summed E-state index contributed by atoms with van der Waals surface area (Å²) in [5, 5.41) is 4.25. The van der Waals surface area contributed by atoms with Crippen molar-refractivity contribution in [1.29, 1.82) is 0 Å². The monoisotopic (exact) mass is 232 g/mol. The quantitative estimate of drug-likeness (QED) is 0.874. The van der Waals surface area contributed by atoms with Crippen LogP contribution in [0.5, 0.6) is 0 Å². The van der Waals surface area contributed by atoms with E-state index in [2.05, 4.69) is 28.9 Å². The molecule has 0 aliphatic carbocycles. The van der Waals surface area contributed by atoms with Gasteiger partial charge in [0.1, 0.15) is 5.82 Å². The van der Waals surface area contributed by atoms with Crippen LogP contribution in [0.4, 0.5) is 0 Å². The van der Waals surface area contributed by atoms with E-state index in [1.54, 1.807) is 13.1 Å². The molecule has 2 aromatic rings. The first-order valence-corrected chi connectivity index (χ1v) is 5.65. The molecule has 0 atom stereocenters. The molecule has 0 unspecified atom stereocenters. The molecule has 2 aromatic heterocycles. The lowest BCUT2D eigenvalue weighted by atomic mass is 10.2. The molecule has 2 heterocycles. The Hall–Kier alpha value is -1.91. The number of aryl methyl sites for hydroxylation is 1. The average Bonchev–Trinajstić information content (AvgIpc) is 2.63. The molecule has 0 fully saturated rings. The number of nitrogens with one attached hydrogen (secondary N) is 1. The van der Waals surface area contributed by atoms with Crippen molar-refractivity contribution < 1.29 is 0 Å². The van der Waals surface area contributed by atoms with Gasteiger partial charge in [-0.15, -0.1) is 0 Å². The molecule has 0 saturated carbocycles. The Kier molecular flexibility index (Phi) is 3.08. The lowest BCUT2D eigenvalue weighted by Crippen LogP contribution is -2.08. The van der Waals surface area contributed by atoms with E-state index < -0.39 is 0 Å². The van der Waals surface area contributed by atoms with Crippen molar-refractivity contribution in [1.82, 2.24) is 19.7 Å². The number of hydrogen-bond donors (Lipinski definition) is 1. The van der Waals surface area contributed by atoms with Gasteiger partial charge in [-0.1, -0.05) is 13.8 Å². The maximum absolute atomic E-state index is 11.3. The Balaban J connectivity index is 2.33. The predicted molar refractivity (Wildman–Crippen MR) is 65.7 cm³/mol. The summed E-state index contributed by atoms with van der Waals surface area (Å²) >= 11 is 0. The normalized spacial score (nSPS) is 11.1. The molecular weight excluding hydrogens is 216 g/mol. The van der Waals surface area contributed by atoms with E-state index in [1.165, 1.54) is 6.07 Å². The van der Waals surface area contributed by atoms with Gasteiger partial charge in [0.05, 0.1) is 11.8 Å². The van der Waals surface area contributed by atoms with E-state index in [0.29, 0.717) is 17.4 Å². The van der Waals surface area contributed by atoms with E-state index in [1.807, 2.05) is 10.9 Å². The Labute approximate surface area is 99.5 Å². The highest BCUT2D eigenvalue weighted by atomic mass is 16.1. The van der Waals surface area contributed by atoms with Crippen LogP contribution in [0.25, 0.3) is 11.4 Å². The third-order valence-corrected chi connectivity index (χ3v) is 2.33. The minimum absolute atomic E-state index is 0.135. The van der Waals surface area contributed by atoms with Crippen LogP contribution in [0.1, 0.15) is 19.5 Å². The molecule has 5 nitrogen and oxygen atoms in total. The maximum atomic E-state index is 11.3. The van der Waals surface area contributed by atoms with E-state index in [9.17, 15) is 4.79 Å². The molecule has 0 bridgehead atoms. The van der Waals surface area contributed by atoms with Crippen LogP contribution >= 0.6 is 0 Å². The number of aromatic nitrogens is 4. The second kappa shape index (κ2) is 4.53. The molecule has 90 valence electrons. The van der Waals surface area contributed by atoms with Crippen LogP contribution < -0.4 is 5.56 Å². The van der Waals surface area contributed by atoms with Gasteiger partial charge in [-0.25, -0.2) is 4.98 Å². The van der Waals surface area contributed by atoms with Crippen LogP contribution in [-0.4, -0.2) is 19.7 Å². The molecule has 0 aliphatic heterocycles. The largest absolute Gasteiger partial charge is 0.306 e. The van der Waals surface area contributed by atoms with E-state index in [0.717, 1.165) is 12.1 Å². The summed E-state index contributed by atoms with van der Waals surface area (Å²) < 4.78 is 1.86. The van der Waals surface area contributed by atoms with E-state index in [-0.39, 0.29) is 5.56 Å². The predicted octanol–water partition coefficient (Wildman–Crippen LogP) is 1.60. The van der Waals surface area contributed by atoms with Crippen molar-refractivity contribution in [3.8, 4) is 11.4 Å². The zero-order valence-corrected chi connectivity index (χ0v) is 10.3. The lowest BCUT2D eigenvalue weighted by Gasteiger charge is -2.03.